The predicted molar refractivity (Wildman–Crippen MR) is 152 cm³/mol. The first-order valence-corrected chi connectivity index (χ1v) is 15.0. The molecule has 1 aromatic carbocycles. The molecule has 1 amide bonds. The van der Waals surface area contributed by atoms with Crippen LogP contribution in [0.4, 0.5) is 0 Å². The normalized spacial score (nSPS) is 14.7. The summed E-state index contributed by atoms with van der Waals surface area (Å²) in [6, 6.07) is 5.45. The quantitative estimate of drug-likeness (QED) is 0.186. The van der Waals surface area contributed by atoms with Crippen LogP contribution in [0.25, 0.3) is 0 Å². The lowest BCUT2D eigenvalue weighted by Gasteiger charge is -2.31. The van der Waals surface area contributed by atoms with Crippen molar-refractivity contribution in [3.63, 3.8) is 0 Å². The molecule has 6 nitrogen and oxygen atoms in total. The lowest BCUT2D eigenvalue weighted by molar-refractivity contribution is -0.123. The predicted octanol–water partition coefficient (Wildman–Crippen LogP) is 6.80. The third kappa shape index (κ3) is 12.5. The Morgan fingerprint density at radius 2 is 1.43 bits per heavy atom. The van der Waals surface area contributed by atoms with E-state index in [0.717, 1.165) is 18.4 Å². The number of rotatable bonds is 20. The molecule has 1 unspecified atom stereocenters. The molecule has 0 spiro atoms. The fourth-order valence-electron chi connectivity index (χ4n) is 4.80. The van der Waals surface area contributed by atoms with Gasteiger partial charge in [-0.3, -0.25) is 4.79 Å². The average Bonchev–Trinajstić information content (AvgIpc) is 2.90. The van der Waals surface area contributed by atoms with Crippen molar-refractivity contribution in [2.75, 3.05) is 26.8 Å². The highest BCUT2D eigenvalue weighted by Crippen LogP contribution is 2.33. The summed E-state index contributed by atoms with van der Waals surface area (Å²) in [5, 5.41) is 14.3. The molecule has 0 aliphatic carbocycles. The zero-order valence-corrected chi connectivity index (χ0v) is 24.1. The van der Waals surface area contributed by atoms with Crippen LogP contribution in [-0.2, 0) is 4.79 Å². The van der Waals surface area contributed by atoms with E-state index in [9.17, 15) is 9.90 Å². The summed E-state index contributed by atoms with van der Waals surface area (Å²) in [5.41, 5.74) is 0.729. The van der Waals surface area contributed by atoms with Crippen LogP contribution in [0.1, 0.15) is 122 Å². The number of benzene rings is 1. The number of fused-ring (bicyclic) bond motifs is 1. The van der Waals surface area contributed by atoms with Crippen molar-refractivity contribution in [3.05, 3.63) is 23.8 Å². The number of hydrogen-bond acceptors (Lipinski definition) is 5. The number of carbonyl (C=O) groups is 1. The summed E-state index contributed by atoms with van der Waals surface area (Å²) in [6.45, 7) is 8.10. The molecule has 212 valence electrons. The number of hydrogen-bond donors (Lipinski definition) is 2. The summed E-state index contributed by atoms with van der Waals surface area (Å²) < 4.78 is 11.3. The number of amides is 1. The van der Waals surface area contributed by atoms with Crippen LogP contribution in [-0.4, -0.2) is 54.8 Å². The molecule has 0 aromatic heterocycles. The lowest BCUT2D eigenvalue weighted by Crippen LogP contribution is -2.47. The fourth-order valence-corrected chi connectivity index (χ4v) is 4.80. The van der Waals surface area contributed by atoms with Crippen LogP contribution in [0.3, 0.4) is 0 Å². The SMILES string of the molecule is CCCCCCCCCCCCCCCC(=O)NC(CN(C)C(C)C)[C@@H](O)c1ccc2c(c1)OCCO2. The van der Waals surface area contributed by atoms with Gasteiger partial charge in [-0.15, -0.1) is 0 Å². The standard InChI is InChI=1S/C31H54N2O4/c1-5-6-7-8-9-10-11-12-13-14-15-16-17-18-30(34)32-27(24-33(4)25(2)3)31(35)26-19-20-28-29(23-26)37-22-21-36-28/h19-20,23,25,27,31,35H,5-18,21-22,24H2,1-4H3,(H,32,34)/t27?,31-/m0/s1. The van der Waals surface area contributed by atoms with E-state index in [2.05, 4.69) is 31.0 Å². The van der Waals surface area contributed by atoms with E-state index in [-0.39, 0.29) is 5.91 Å². The molecule has 0 radical (unpaired) electrons. The van der Waals surface area contributed by atoms with E-state index in [1.807, 2.05) is 25.2 Å². The zero-order chi connectivity index (χ0) is 26.9. The van der Waals surface area contributed by atoms with E-state index in [4.69, 9.17) is 9.47 Å². The van der Waals surface area contributed by atoms with Crippen molar-refractivity contribution in [2.45, 2.75) is 129 Å². The molecule has 1 aromatic rings. The van der Waals surface area contributed by atoms with Gasteiger partial charge in [0.25, 0.3) is 0 Å². The molecule has 0 saturated heterocycles. The summed E-state index contributed by atoms with van der Waals surface area (Å²) in [4.78, 5) is 14.9. The highest BCUT2D eigenvalue weighted by atomic mass is 16.6. The second kappa shape index (κ2) is 18.5. The van der Waals surface area contributed by atoms with Gasteiger partial charge in [0, 0.05) is 19.0 Å². The van der Waals surface area contributed by atoms with Crippen LogP contribution in [0, 0.1) is 0 Å². The molecule has 0 fully saturated rings. The smallest absolute Gasteiger partial charge is 0.220 e. The van der Waals surface area contributed by atoms with Gasteiger partial charge < -0.3 is 24.8 Å². The van der Waals surface area contributed by atoms with E-state index < -0.39 is 12.1 Å². The van der Waals surface area contributed by atoms with Gasteiger partial charge in [0.2, 0.25) is 5.91 Å². The molecule has 0 bridgehead atoms. The molecule has 2 N–H and O–H groups in total. The van der Waals surface area contributed by atoms with Crippen molar-refractivity contribution in [2.24, 2.45) is 0 Å². The third-order valence-corrected chi connectivity index (χ3v) is 7.51. The van der Waals surface area contributed by atoms with E-state index in [1.165, 1.54) is 70.6 Å². The Bertz CT molecular complexity index is 755. The van der Waals surface area contributed by atoms with Gasteiger partial charge >= 0.3 is 0 Å². The second-order valence-corrected chi connectivity index (χ2v) is 11.0. The maximum atomic E-state index is 12.8. The number of nitrogens with one attached hydrogen (secondary N) is 1. The van der Waals surface area contributed by atoms with Gasteiger partial charge in [0.1, 0.15) is 19.3 Å². The van der Waals surface area contributed by atoms with Gasteiger partial charge in [-0.25, -0.2) is 0 Å². The summed E-state index contributed by atoms with van der Waals surface area (Å²) in [5.74, 6) is 1.36. The molecule has 37 heavy (non-hydrogen) atoms. The third-order valence-electron chi connectivity index (χ3n) is 7.51. The first-order valence-electron chi connectivity index (χ1n) is 15.0. The molecule has 2 rings (SSSR count). The Hall–Kier alpha value is -1.79. The largest absolute Gasteiger partial charge is 0.486 e. The Kier molecular flexibility index (Phi) is 15.7. The van der Waals surface area contributed by atoms with Gasteiger partial charge in [-0.2, -0.15) is 0 Å². The first kappa shape index (κ1) is 31.4. The average molecular weight is 519 g/mol. The minimum absolute atomic E-state index is 0.0156. The zero-order valence-electron chi connectivity index (χ0n) is 24.1. The number of ether oxygens (including phenoxy) is 2. The van der Waals surface area contributed by atoms with Gasteiger partial charge in [-0.1, -0.05) is 90.0 Å². The number of likely N-dealkylation sites (N-methyl/N-ethyl adjacent to an activating group) is 1. The minimum Gasteiger partial charge on any atom is -0.486 e. The van der Waals surface area contributed by atoms with Crippen LogP contribution in [0.15, 0.2) is 18.2 Å². The second-order valence-electron chi connectivity index (χ2n) is 11.0. The molecular weight excluding hydrogens is 464 g/mol. The number of nitrogens with zero attached hydrogens (tertiary/aromatic N) is 1. The maximum absolute atomic E-state index is 12.8. The highest BCUT2D eigenvalue weighted by molar-refractivity contribution is 5.76. The first-order chi connectivity index (χ1) is 17.9. The molecule has 1 aliphatic rings. The van der Waals surface area contributed by atoms with Crippen molar-refractivity contribution < 1.29 is 19.4 Å². The number of aliphatic hydroxyl groups excluding tert-OH is 1. The van der Waals surface area contributed by atoms with E-state index in [0.29, 0.717) is 43.7 Å². The van der Waals surface area contributed by atoms with Crippen molar-refractivity contribution in [1.82, 2.24) is 10.2 Å². The Labute approximate surface area is 226 Å². The summed E-state index contributed by atoms with van der Waals surface area (Å²) in [7, 11) is 2.02. The molecular formula is C31H54N2O4. The summed E-state index contributed by atoms with van der Waals surface area (Å²) >= 11 is 0. The Morgan fingerprint density at radius 3 is 2.00 bits per heavy atom. The van der Waals surface area contributed by atoms with Crippen molar-refractivity contribution >= 4 is 5.91 Å². The number of carbonyl (C=O) groups excluding carboxylic acids is 1. The van der Waals surface area contributed by atoms with E-state index >= 15 is 0 Å². The van der Waals surface area contributed by atoms with Crippen LogP contribution in [0.2, 0.25) is 0 Å². The lowest BCUT2D eigenvalue weighted by atomic mass is 10.00. The fraction of sp³-hybridized carbons (Fsp3) is 0.774. The number of aliphatic hydroxyl groups is 1. The highest BCUT2D eigenvalue weighted by Gasteiger charge is 2.26. The molecule has 1 aliphatic heterocycles. The topological polar surface area (TPSA) is 71.0 Å². The number of unbranched alkanes of at least 4 members (excludes halogenated alkanes) is 12. The van der Waals surface area contributed by atoms with E-state index in [1.54, 1.807) is 0 Å². The Balaban J connectivity index is 1.70. The van der Waals surface area contributed by atoms with Gasteiger partial charge in [0.05, 0.1) is 6.04 Å². The van der Waals surface area contributed by atoms with Crippen LogP contribution < -0.4 is 14.8 Å². The molecule has 6 heteroatoms. The van der Waals surface area contributed by atoms with Gasteiger partial charge in [0.15, 0.2) is 11.5 Å². The van der Waals surface area contributed by atoms with Crippen molar-refractivity contribution in [1.29, 1.82) is 0 Å². The Morgan fingerprint density at radius 1 is 0.892 bits per heavy atom. The molecule has 2 atom stereocenters. The maximum Gasteiger partial charge on any atom is 0.220 e. The van der Waals surface area contributed by atoms with Crippen LogP contribution in [0.5, 0.6) is 11.5 Å². The minimum atomic E-state index is -0.826. The summed E-state index contributed by atoms with van der Waals surface area (Å²) in [6.07, 6.45) is 16.4. The molecule has 1 heterocycles. The monoisotopic (exact) mass is 518 g/mol. The van der Waals surface area contributed by atoms with Crippen LogP contribution >= 0.6 is 0 Å². The van der Waals surface area contributed by atoms with Crippen molar-refractivity contribution in [3.8, 4) is 11.5 Å². The van der Waals surface area contributed by atoms with Gasteiger partial charge in [-0.05, 0) is 45.0 Å². The molecule has 0 saturated carbocycles.